The molecule has 1 unspecified atom stereocenters. The molecule has 0 spiro atoms. The molecule has 1 heterocycles. The molecule has 0 saturated heterocycles. The van der Waals surface area contributed by atoms with Crippen molar-refractivity contribution in [1.29, 1.82) is 0 Å². The number of H-pyrrole nitrogens is 1. The zero-order chi connectivity index (χ0) is 17.5. The van der Waals surface area contributed by atoms with Gasteiger partial charge in [0.1, 0.15) is 30.6 Å². The Morgan fingerprint density at radius 1 is 1.04 bits per heavy atom. The number of halogens is 1. The number of rotatable bonds is 9. The number of benzene rings is 2. The number of phenols is 1. The Bertz CT molecular complexity index is 814. The lowest BCUT2D eigenvalue weighted by Gasteiger charge is -2.14. The number of hydrogen-bond acceptors (Lipinski definition) is 7. The highest BCUT2D eigenvalue weighted by Gasteiger charge is 2.09. The van der Waals surface area contributed by atoms with E-state index in [1.54, 1.807) is 30.3 Å². The monoisotopic (exact) mass is 380 g/mol. The fraction of sp³-hybridized carbons (Fsp3) is 0.294. The van der Waals surface area contributed by atoms with Gasteiger partial charge in [-0.25, -0.2) is 0 Å². The van der Waals surface area contributed by atoms with Crippen molar-refractivity contribution in [1.82, 2.24) is 20.7 Å². The number of para-hydroxylation sites is 3. The SMILES string of the molecule is Cl.Oc1ccccc1OCCNCC(O)COc1cccc2n[nH]nc12. The second kappa shape index (κ2) is 9.81. The molecule has 0 amide bonds. The molecule has 26 heavy (non-hydrogen) atoms. The first-order valence-electron chi connectivity index (χ1n) is 7.96. The quantitative estimate of drug-likeness (QED) is 0.416. The van der Waals surface area contributed by atoms with Gasteiger partial charge in [-0.05, 0) is 24.3 Å². The summed E-state index contributed by atoms with van der Waals surface area (Å²) >= 11 is 0. The molecule has 0 aliphatic carbocycles. The summed E-state index contributed by atoms with van der Waals surface area (Å²) in [7, 11) is 0. The van der Waals surface area contributed by atoms with Crippen LogP contribution in [0.15, 0.2) is 42.5 Å². The number of aromatic amines is 1. The van der Waals surface area contributed by atoms with E-state index in [0.29, 0.717) is 42.2 Å². The minimum atomic E-state index is -0.674. The largest absolute Gasteiger partial charge is 0.504 e. The topological polar surface area (TPSA) is 113 Å². The van der Waals surface area contributed by atoms with Crippen LogP contribution in [0.1, 0.15) is 0 Å². The molecule has 8 nitrogen and oxygen atoms in total. The van der Waals surface area contributed by atoms with Gasteiger partial charge in [0.05, 0.1) is 0 Å². The average Bonchev–Trinajstić information content (AvgIpc) is 3.10. The van der Waals surface area contributed by atoms with E-state index in [1.165, 1.54) is 0 Å². The van der Waals surface area contributed by atoms with Crippen LogP contribution < -0.4 is 14.8 Å². The maximum Gasteiger partial charge on any atom is 0.160 e. The third-order valence-electron chi connectivity index (χ3n) is 3.52. The zero-order valence-corrected chi connectivity index (χ0v) is 14.8. The summed E-state index contributed by atoms with van der Waals surface area (Å²) in [6.07, 6.45) is -0.674. The lowest BCUT2D eigenvalue weighted by Crippen LogP contribution is -2.33. The van der Waals surface area contributed by atoms with E-state index < -0.39 is 6.10 Å². The smallest absolute Gasteiger partial charge is 0.160 e. The molecule has 1 aromatic heterocycles. The number of aliphatic hydroxyl groups is 1. The van der Waals surface area contributed by atoms with Crippen molar-refractivity contribution >= 4 is 23.4 Å². The first-order valence-corrected chi connectivity index (χ1v) is 7.96. The standard InChI is InChI=1S/C17H20N4O4.ClH/c22-12(10-18-8-9-24-15-6-2-1-5-14(15)23)11-25-16-7-3-4-13-17(16)20-21-19-13;/h1-7,12,18,22-23H,8-11H2,(H,19,20,21);1H. The number of hydrogen-bond donors (Lipinski definition) is 4. The van der Waals surface area contributed by atoms with Crippen LogP contribution in [0.2, 0.25) is 0 Å². The lowest BCUT2D eigenvalue weighted by atomic mass is 10.3. The molecule has 3 rings (SSSR count). The van der Waals surface area contributed by atoms with E-state index in [9.17, 15) is 10.2 Å². The summed E-state index contributed by atoms with van der Waals surface area (Å²) in [5, 5.41) is 33.2. The van der Waals surface area contributed by atoms with Crippen LogP contribution in [0.3, 0.4) is 0 Å². The van der Waals surface area contributed by atoms with Crippen molar-refractivity contribution in [2.24, 2.45) is 0 Å². The molecule has 4 N–H and O–H groups in total. The number of ether oxygens (including phenoxy) is 2. The predicted molar refractivity (Wildman–Crippen MR) is 99.1 cm³/mol. The molecular weight excluding hydrogens is 360 g/mol. The minimum absolute atomic E-state index is 0. The van der Waals surface area contributed by atoms with Gasteiger partial charge in [0.2, 0.25) is 0 Å². The second-order valence-electron chi connectivity index (χ2n) is 5.43. The van der Waals surface area contributed by atoms with Gasteiger partial charge < -0.3 is 25.0 Å². The number of aliphatic hydroxyl groups excluding tert-OH is 1. The highest BCUT2D eigenvalue weighted by atomic mass is 35.5. The van der Waals surface area contributed by atoms with Gasteiger partial charge in [-0.3, -0.25) is 0 Å². The molecule has 0 radical (unpaired) electrons. The van der Waals surface area contributed by atoms with Gasteiger partial charge in [0.25, 0.3) is 0 Å². The van der Waals surface area contributed by atoms with Crippen molar-refractivity contribution in [2.75, 3.05) is 26.3 Å². The molecule has 0 aliphatic heterocycles. The first kappa shape index (κ1) is 19.8. The Morgan fingerprint density at radius 3 is 2.69 bits per heavy atom. The third-order valence-corrected chi connectivity index (χ3v) is 3.52. The molecule has 3 aromatic rings. The third kappa shape index (κ3) is 5.22. The summed E-state index contributed by atoms with van der Waals surface area (Å²) in [5.74, 6) is 1.13. The highest BCUT2D eigenvalue weighted by Crippen LogP contribution is 2.24. The van der Waals surface area contributed by atoms with E-state index in [4.69, 9.17) is 9.47 Å². The van der Waals surface area contributed by atoms with Crippen molar-refractivity contribution in [3.05, 3.63) is 42.5 Å². The Hall–Kier alpha value is -2.55. The van der Waals surface area contributed by atoms with Crippen molar-refractivity contribution in [3.8, 4) is 17.2 Å². The molecule has 0 fully saturated rings. The van der Waals surface area contributed by atoms with Crippen LogP contribution in [0.25, 0.3) is 11.0 Å². The molecule has 9 heteroatoms. The van der Waals surface area contributed by atoms with Gasteiger partial charge in [-0.1, -0.05) is 18.2 Å². The second-order valence-corrected chi connectivity index (χ2v) is 5.43. The van der Waals surface area contributed by atoms with Crippen molar-refractivity contribution in [3.63, 3.8) is 0 Å². The van der Waals surface area contributed by atoms with Crippen LogP contribution in [-0.4, -0.2) is 58.0 Å². The molecule has 140 valence electrons. The maximum absolute atomic E-state index is 9.98. The average molecular weight is 381 g/mol. The molecule has 1 atom stereocenters. The van der Waals surface area contributed by atoms with Gasteiger partial charge in [-0.2, -0.15) is 15.4 Å². The molecule has 0 bridgehead atoms. The zero-order valence-electron chi connectivity index (χ0n) is 14.0. The van der Waals surface area contributed by atoms with Gasteiger partial charge in [-0.15, -0.1) is 12.4 Å². The highest BCUT2D eigenvalue weighted by molar-refractivity contribution is 5.85. The minimum Gasteiger partial charge on any atom is -0.504 e. The fourth-order valence-corrected chi connectivity index (χ4v) is 2.28. The van der Waals surface area contributed by atoms with Gasteiger partial charge in [0, 0.05) is 13.1 Å². The van der Waals surface area contributed by atoms with E-state index in [-0.39, 0.29) is 24.8 Å². The first-order chi connectivity index (χ1) is 12.2. The van der Waals surface area contributed by atoms with Crippen molar-refractivity contribution in [2.45, 2.75) is 6.10 Å². The van der Waals surface area contributed by atoms with E-state index in [0.717, 1.165) is 0 Å². The number of fused-ring (bicyclic) bond motifs is 1. The number of aromatic hydroxyl groups is 1. The van der Waals surface area contributed by atoms with Crippen LogP contribution >= 0.6 is 12.4 Å². The lowest BCUT2D eigenvalue weighted by molar-refractivity contribution is 0.106. The van der Waals surface area contributed by atoms with E-state index in [2.05, 4.69) is 20.7 Å². The molecular formula is C17H21ClN4O4. The van der Waals surface area contributed by atoms with Gasteiger partial charge >= 0.3 is 0 Å². The molecule has 2 aromatic carbocycles. The Kier molecular flexibility index (Phi) is 7.46. The van der Waals surface area contributed by atoms with Crippen molar-refractivity contribution < 1.29 is 19.7 Å². The van der Waals surface area contributed by atoms with E-state index >= 15 is 0 Å². The Labute approximate surface area is 156 Å². The Balaban J connectivity index is 0.00000243. The van der Waals surface area contributed by atoms with Gasteiger partial charge in [0.15, 0.2) is 17.0 Å². The summed E-state index contributed by atoms with van der Waals surface area (Å²) in [6, 6.07) is 12.2. The summed E-state index contributed by atoms with van der Waals surface area (Å²) < 4.78 is 11.0. The number of nitrogens with one attached hydrogen (secondary N) is 2. The molecule has 0 saturated carbocycles. The number of nitrogens with zero attached hydrogens (tertiary/aromatic N) is 2. The van der Waals surface area contributed by atoms with Crippen LogP contribution in [-0.2, 0) is 0 Å². The normalized spacial score (nSPS) is 11.7. The summed E-state index contributed by atoms with van der Waals surface area (Å²) in [4.78, 5) is 0. The maximum atomic E-state index is 9.98. The van der Waals surface area contributed by atoms with Crippen LogP contribution in [0, 0.1) is 0 Å². The predicted octanol–water partition coefficient (Wildman–Crippen LogP) is 1.49. The number of aromatic nitrogens is 3. The summed E-state index contributed by atoms with van der Waals surface area (Å²) in [5.41, 5.74) is 1.35. The Morgan fingerprint density at radius 2 is 1.85 bits per heavy atom. The van der Waals surface area contributed by atoms with Crippen LogP contribution in [0.4, 0.5) is 0 Å². The van der Waals surface area contributed by atoms with Crippen LogP contribution in [0.5, 0.6) is 17.2 Å². The summed E-state index contributed by atoms with van der Waals surface area (Å²) in [6.45, 7) is 1.41. The fourth-order valence-electron chi connectivity index (χ4n) is 2.28. The number of phenolic OH excluding ortho intramolecular Hbond substituents is 1. The molecule has 0 aliphatic rings. The van der Waals surface area contributed by atoms with E-state index in [1.807, 2.05) is 12.1 Å².